The van der Waals surface area contributed by atoms with Gasteiger partial charge in [0.2, 0.25) is 0 Å². The van der Waals surface area contributed by atoms with Crippen LogP contribution in [0.2, 0.25) is 0 Å². The molecular weight excluding hydrogens is 282 g/mol. The largest absolute Gasteiger partial charge is 0.378 e. The van der Waals surface area contributed by atoms with Crippen LogP contribution in [0.15, 0.2) is 11.2 Å². The number of aryl methyl sites for hydroxylation is 1. The summed E-state index contributed by atoms with van der Waals surface area (Å²) in [5.41, 5.74) is -0.221. The molecule has 2 aliphatic heterocycles. The van der Waals surface area contributed by atoms with Crippen LogP contribution in [0.25, 0.3) is 0 Å². The summed E-state index contributed by atoms with van der Waals surface area (Å²) in [6.07, 6.45) is 4.07. The van der Waals surface area contributed by atoms with Crippen LogP contribution in [-0.4, -0.2) is 43.4 Å². The Hall–Kier alpha value is -0.960. The minimum atomic E-state index is -3.76. The highest BCUT2D eigenvalue weighted by molar-refractivity contribution is 7.89. The van der Waals surface area contributed by atoms with E-state index >= 15 is 0 Å². The predicted octanol–water partition coefficient (Wildman–Crippen LogP) is 0.350. The third-order valence-electron chi connectivity index (χ3n) is 4.11. The first kappa shape index (κ1) is 14.0. The lowest BCUT2D eigenvalue weighted by molar-refractivity contribution is -0.0950. The summed E-state index contributed by atoms with van der Waals surface area (Å²) >= 11 is 0. The van der Waals surface area contributed by atoms with E-state index in [9.17, 15) is 8.42 Å². The molecule has 112 valence electrons. The van der Waals surface area contributed by atoms with Gasteiger partial charge >= 0.3 is 0 Å². The van der Waals surface area contributed by atoms with Gasteiger partial charge in [0.15, 0.2) is 5.03 Å². The molecule has 2 N–H and O–H groups in total. The van der Waals surface area contributed by atoms with Gasteiger partial charge in [-0.15, -0.1) is 0 Å². The topological polar surface area (TPSA) is 96.4 Å². The van der Waals surface area contributed by atoms with Crippen molar-refractivity contribution >= 4 is 10.0 Å². The predicted molar refractivity (Wildman–Crippen MR) is 70.7 cm³/mol. The number of ether oxygens (including phenoxy) is 2. The van der Waals surface area contributed by atoms with Crippen molar-refractivity contribution in [1.29, 1.82) is 0 Å². The molecule has 0 amide bonds. The van der Waals surface area contributed by atoms with Crippen LogP contribution < -0.4 is 5.14 Å². The Labute approximate surface area is 118 Å². The van der Waals surface area contributed by atoms with Crippen molar-refractivity contribution in [3.63, 3.8) is 0 Å². The number of hydrogen-bond acceptors (Lipinski definition) is 5. The molecule has 1 aromatic rings. The lowest BCUT2D eigenvalue weighted by atomic mass is 9.89. The molecule has 1 spiro atoms. The van der Waals surface area contributed by atoms with Crippen molar-refractivity contribution in [2.24, 2.45) is 5.14 Å². The van der Waals surface area contributed by atoms with Crippen molar-refractivity contribution in [2.75, 3.05) is 19.8 Å². The number of sulfonamides is 1. The van der Waals surface area contributed by atoms with E-state index in [2.05, 4.69) is 4.98 Å². The lowest BCUT2D eigenvalue weighted by Gasteiger charge is -2.37. The summed E-state index contributed by atoms with van der Waals surface area (Å²) in [6, 6.07) is 0.174. The Balaban J connectivity index is 1.87. The maximum atomic E-state index is 11.4. The summed E-state index contributed by atoms with van der Waals surface area (Å²) < 4.78 is 36.0. The van der Waals surface area contributed by atoms with E-state index in [1.54, 1.807) is 6.92 Å². The summed E-state index contributed by atoms with van der Waals surface area (Å²) in [5, 5.41) is 5.06. The zero-order valence-corrected chi connectivity index (χ0v) is 12.2. The second kappa shape index (κ2) is 4.80. The number of nitrogens with two attached hydrogens (primary N) is 1. The Morgan fingerprint density at radius 1 is 1.50 bits per heavy atom. The molecule has 0 bridgehead atoms. The SMILES string of the molecule is Cc1nc(S(N)(=O)=O)cn1C1CCOC2(CCOC2)C1. The van der Waals surface area contributed by atoms with Crippen molar-refractivity contribution in [2.45, 2.75) is 42.9 Å². The van der Waals surface area contributed by atoms with Gasteiger partial charge in [-0.1, -0.05) is 0 Å². The second-order valence-electron chi connectivity index (χ2n) is 5.56. The van der Waals surface area contributed by atoms with Crippen LogP contribution in [0.3, 0.4) is 0 Å². The van der Waals surface area contributed by atoms with Gasteiger partial charge in [0.1, 0.15) is 5.82 Å². The van der Waals surface area contributed by atoms with E-state index in [4.69, 9.17) is 14.6 Å². The van der Waals surface area contributed by atoms with Gasteiger partial charge < -0.3 is 14.0 Å². The number of rotatable bonds is 2. The minimum absolute atomic E-state index is 0.0711. The van der Waals surface area contributed by atoms with E-state index < -0.39 is 10.0 Å². The van der Waals surface area contributed by atoms with Crippen LogP contribution in [0.5, 0.6) is 0 Å². The third kappa shape index (κ3) is 2.48. The zero-order chi connectivity index (χ0) is 14.4. The van der Waals surface area contributed by atoms with Gasteiger partial charge in [0.05, 0.1) is 12.2 Å². The van der Waals surface area contributed by atoms with Gasteiger partial charge in [-0.2, -0.15) is 0 Å². The summed E-state index contributed by atoms with van der Waals surface area (Å²) in [4.78, 5) is 4.05. The van der Waals surface area contributed by atoms with Gasteiger partial charge in [-0.3, -0.25) is 0 Å². The molecule has 2 aliphatic rings. The van der Waals surface area contributed by atoms with Crippen molar-refractivity contribution < 1.29 is 17.9 Å². The standard InChI is InChI=1S/C12H19N3O4S/c1-9-14-11(20(13,16)17)7-15(9)10-2-4-19-12(6-10)3-5-18-8-12/h7,10H,2-6,8H2,1H3,(H2,13,16,17). The third-order valence-corrected chi connectivity index (χ3v) is 4.89. The van der Waals surface area contributed by atoms with E-state index in [0.29, 0.717) is 19.0 Å². The first-order valence-corrected chi connectivity index (χ1v) is 8.24. The molecule has 0 aromatic carbocycles. The molecule has 0 aliphatic carbocycles. The van der Waals surface area contributed by atoms with Crippen LogP contribution in [0.1, 0.15) is 31.1 Å². The molecule has 20 heavy (non-hydrogen) atoms. The Kier molecular flexibility index (Phi) is 3.36. The average molecular weight is 301 g/mol. The Bertz CT molecular complexity index is 604. The quantitative estimate of drug-likeness (QED) is 0.850. The van der Waals surface area contributed by atoms with Crippen LogP contribution >= 0.6 is 0 Å². The minimum Gasteiger partial charge on any atom is -0.378 e. The van der Waals surface area contributed by atoms with E-state index in [-0.39, 0.29) is 16.7 Å². The highest BCUT2D eigenvalue weighted by atomic mass is 32.2. The molecule has 2 saturated heterocycles. The summed E-state index contributed by atoms with van der Waals surface area (Å²) in [5.74, 6) is 0.662. The molecule has 3 heterocycles. The van der Waals surface area contributed by atoms with Gasteiger partial charge in [0.25, 0.3) is 10.0 Å². The molecule has 7 nitrogen and oxygen atoms in total. The van der Waals surface area contributed by atoms with Crippen molar-refractivity contribution in [1.82, 2.24) is 9.55 Å². The maximum absolute atomic E-state index is 11.4. The normalized spacial score (nSPS) is 31.0. The fraction of sp³-hybridized carbons (Fsp3) is 0.750. The number of primary sulfonamides is 1. The molecule has 2 fully saturated rings. The molecular formula is C12H19N3O4S. The van der Waals surface area contributed by atoms with Crippen molar-refractivity contribution in [3.05, 3.63) is 12.0 Å². The smallest absolute Gasteiger partial charge is 0.257 e. The molecule has 2 unspecified atom stereocenters. The molecule has 8 heteroatoms. The van der Waals surface area contributed by atoms with E-state index in [0.717, 1.165) is 25.9 Å². The number of nitrogens with zero attached hydrogens (tertiary/aromatic N) is 2. The van der Waals surface area contributed by atoms with Gasteiger partial charge in [-0.25, -0.2) is 18.5 Å². The first-order chi connectivity index (χ1) is 9.40. The maximum Gasteiger partial charge on any atom is 0.257 e. The molecule has 0 radical (unpaired) electrons. The highest BCUT2D eigenvalue weighted by Gasteiger charge is 2.41. The van der Waals surface area contributed by atoms with E-state index in [1.807, 2.05) is 4.57 Å². The monoisotopic (exact) mass is 301 g/mol. The Morgan fingerprint density at radius 3 is 2.90 bits per heavy atom. The number of aromatic nitrogens is 2. The Morgan fingerprint density at radius 2 is 2.30 bits per heavy atom. The number of hydrogen-bond donors (Lipinski definition) is 1. The number of imidazole rings is 1. The van der Waals surface area contributed by atoms with Crippen LogP contribution in [0.4, 0.5) is 0 Å². The summed E-state index contributed by atoms with van der Waals surface area (Å²) in [7, 11) is -3.76. The van der Waals surface area contributed by atoms with Crippen LogP contribution in [0, 0.1) is 6.92 Å². The lowest BCUT2D eigenvalue weighted by Crippen LogP contribution is -2.41. The molecule has 3 rings (SSSR count). The van der Waals surface area contributed by atoms with Crippen molar-refractivity contribution in [3.8, 4) is 0 Å². The van der Waals surface area contributed by atoms with Gasteiger partial charge in [-0.05, 0) is 19.8 Å². The highest BCUT2D eigenvalue weighted by Crippen LogP contribution is 2.38. The molecule has 2 atom stereocenters. The fourth-order valence-corrected chi connectivity index (χ4v) is 3.59. The molecule has 1 aromatic heterocycles. The summed E-state index contributed by atoms with van der Waals surface area (Å²) in [6.45, 7) is 3.77. The van der Waals surface area contributed by atoms with Gasteiger partial charge in [0, 0.05) is 31.9 Å². The second-order valence-corrected chi connectivity index (χ2v) is 7.07. The van der Waals surface area contributed by atoms with Crippen LogP contribution in [-0.2, 0) is 19.5 Å². The molecule has 0 saturated carbocycles. The fourth-order valence-electron chi connectivity index (χ4n) is 3.07. The average Bonchev–Trinajstić information content (AvgIpc) is 2.96. The van der Waals surface area contributed by atoms with E-state index in [1.165, 1.54) is 6.20 Å². The zero-order valence-electron chi connectivity index (χ0n) is 11.4. The first-order valence-electron chi connectivity index (χ1n) is 6.70.